The average molecular weight is 389 g/mol. The van der Waals surface area contributed by atoms with Gasteiger partial charge in [0, 0.05) is 38.1 Å². The van der Waals surface area contributed by atoms with E-state index in [2.05, 4.69) is 70.5 Å². The Morgan fingerprint density at radius 3 is 2.56 bits per heavy atom. The van der Waals surface area contributed by atoms with Crippen molar-refractivity contribution in [2.45, 2.75) is 30.2 Å². The molecule has 1 N–H and O–H groups in total. The van der Waals surface area contributed by atoms with Crippen LogP contribution in [0.4, 0.5) is 0 Å². The summed E-state index contributed by atoms with van der Waals surface area (Å²) in [5.74, 6) is 1.13. The van der Waals surface area contributed by atoms with Gasteiger partial charge in [0.05, 0.1) is 5.03 Å². The number of halogens is 1. The molecule has 0 fully saturated rings. The van der Waals surface area contributed by atoms with E-state index in [1.807, 2.05) is 11.8 Å². The number of hydrogen-bond acceptors (Lipinski definition) is 2. The van der Waals surface area contributed by atoms with Crippen LogP contribution in [0.25, 0.3) is 0 Å². The molecule has 1 nitrogen and oxygen atoms in total. The van der Waals surface area contributed by atoms with Crippen molar-refractivity contribution in [1.29, 1.82) is 0 Å². The van der Waals surface area contributed by atoms with Crippen LogP contribution in [0, 0.1) is 13.8 Å². The summed E-state index contributed by atoms with van der Waals surface area (Å²) in [5.41, 5.74) is 4.16. The van der Waals surface area contributed by atoms with Crippen molar-refractivity contribution in [2.75, 3.05) is 5.75 Å². The first kappa shape index (κ1) is 14.3. The Labute approximate surface area is 129 Å². The van der Waals surface area contributed by atoms with Gasteiger partial charge in [-0.25, -0.2) is 0 Å². The van der Waals surface area contributed by atoms with E-state index in [1.54, 1.807) is 8.93 Å². The summed E-state index contributed by atoms with van der Waals surface area (Å²) in [6.07, 6.45) is 3.23. The van der Waals surface area contributed by atoms with E-state index >= 15 is 0 Å². The third-order valence-electron chi connectivity index (χ3n) is 2.89. The van der Waals surface area contributed by atoms with Crippen molar-refractivity contribution in [3.63, 3.8) is 0 Å². The molecule has 2 aromatic rings. The predicted octanol–water partition coefficient (Wildman–Crippen LogP) is 5.41. The third-order valence-corrected chi connectivity index (χ3v) is 5.74. The van der Waals surface area contributed by atoms with Gasteiger partial charge in [-0.15, -0.1) is 11.8 Å². The van der Waals surface area contributed by atoms with E-state index in [4.69, 9.17) is 0 Å². The molecule has 4 heteroatoms. The van der Waals surface area contributed by atoms with Gasteiger partial charge in [0.2, 0.25) is 0 Å². The molecule has 0 spiro atoms. The van der Waals surface area contributed by atoms with Gasteiger partial charge in [0.15, 0.2) is 0 Å². The Kier molecular flexibility index (Phi) is 5.51. The molecule has 0 saturated heterocycles. The van der Waals surface area contributed by atoms with Gasteiger partial charge in [0.1, 0.15) is 0 Å². The number of aromatic amines is 1. The van der Waals surface area contributed by atoms with Gasteiger partial charge in [-0.1, -0.05) is 17.7 Å². The van der Waals surface area contributed by atoms with E-state index in [-0.39, 0.29) is 0 Å². The molecule has 1 aromatic heterocycles. The number of H-pyrrole nitrogens is 1. The fourth-order valence-corrected chi connectivity index (χ4v) is 4.32. The molecule has 0 atom stereocenters. The van der Waals surface area contributed by atoms with E-state index in [9.17, 15) is 0 Å². The van der Waals surface area contributed by atoms with Crippen LogP contribution in [0.1, 0.15) is 16.7 Å². The molecule has 0 unspecified atom stereocenters. The minimum atomic E-state index is 1.12. The molecule has 0 saturated carbocycles. The van der Waals surface area contributed by atoms with Gasteiger partial charge >= 0.3 is 0 Å². The van der Waals surface area contributed by atoms with Gasteiger partial charge < -0.3 is 4.98 Å². The number of thioether (sulfide) groups is 1. The van der Waals surface area contributed by atoms with Gasteiger partial charge in [-0.3, -0.25) is 0 Å². The smallest absolute Gasteiger partial charge is 0.0861 e. The standard InChI is InChI=1S/C14H16INS2/c1-10-3-5-12(6-4-10)17-8-7-13-11(2)9-16-14(13)18-15/h3-6,9,16H,7-8H2,1-2H3. The number of benzene rings is 1. The summed E-state index contributed by atoms with van der Waals surface area (Å²) in [4.78, 5) is 4.68. The lowest BCUT2D eigenvalue weighted by molar-refractivity contribution is 1.06. The van der Waals surface area contributed by atoms with Crippen LogP contribution in [0.2, 0.25) is 0 Å². The Morgan fingerprint density at radius 2 is 1.89 bits per heavy atom. The largest absolute Gasteiger partial charge is 0.355 e. The number of aryl methyl sites for hydroxylation is 2. The second kappa shape index (κ2) is 6.91. The maximum absolute atomic E-state index is 3.33. The number of rotatable bonds is 5. The predicted molar refractivity (Wildman–Crippen MR) is 91.0 cm³/mol. The molecule has 18 heavy (non-hydrogen) atoms. The van der Waals surface area contributed by atoms with E-state index < -0.39 is 0 Å². The van der Waals surface area contributed by atoms with Crippen LogP contribution < -0.4 is 0 Å². The van der Waals surface area contributed by atoms with Crippen molar-refractivity contribution in [1.82, 2.24) is 4.98 Å². The van der Waals surface area contributed by atoms with Crippen molar-refractivity contribution in [3.05, 3.63) is 47.2 Å². The van der Waals surface area contributed by atoms with E-state index in [0.717, 1.165) is 12.2 Å². The van der Waals surface area contributed by atoms with Crippen LogP contribution >= 0.6 is 41.9 Å². The maximum atomic E-state index is 3.33. The summed E-state index contributed by atoms with van der Waals surface area (Å²) in [7, 11) is 1.77. The van der Waals surface area contributed by atoms with Gasteiger partial charge in [-0.05, 0) is 52.5 Å². The third kappa shape index (κ3) is 3.71. The molecule has 0 amide bonds. The first-order valence-electron chi connectivity index (χ1n) is 5.85. The highest BCUT2D eigenvalue weighted by Crippen LogP contribution is 2.31. The zero-order valence-electron chi connectivity index (χ0n) is 10.5. The van der Waals surface area contributed by atoms with Crippen LogP contribution in [0.3, 0.4) is 0 Å². The lowest BCUT2D eigenvalue weighted by Crippen LogP contribution is -1.90. The quantitative estimate of drug-likeness (QED) is 0.544. The van der Waals surface area contributed by atoms with Crippen LogP contribution in [0.5, 0.6) is 0 Å². The van der Waals surface area contributed by atoms with Crippen LogP contribution in [-0.2, 0) is 6.42 Å². The first-order chi connectivity index (χ1) is 8.70. The Morgan fingerprint density at radius 1 is 1.17 bits per heavy atom. The topological polar surface area (TPSA) is 15.8 Å². The van der Waals surface area contributed by atoms with Crippen LogP contribution in [0.15, 0.2) is 40.4 Å². The van der Waals surface area contributed by atoms with Gasteiger partial charge in [-0.2, -0.15) is 0 Å². The summed E-state index contributed by atoms with van der Waals surface area (Å²) in [6, 6.07) is 8.77. The molecule has 0 aliphatic carbocycles. The molecule has 0 aliphatic rings. The maximum Gasteiger partial charge on any atom is 0.0861 e. The molecule has 1 heterocycles. The molecule has 0 aliphatic heterocycles. The first-order valence-corrected chi connectivity index (χ1v) is 10.2. The molecule has 0 radical (unpaired) electrons. The monoisotopic (exact) mass is 389 g/mol. The zero-order chi connectivity index (χ0) is 13.0. The summed E-state index contributed by atoms with van der Waals surface area (Å²) < 4.78 is 0. The Hall–Kier alpha value is -0.0700. The lowest BCUT2D eigenvalue weighted by Gasteiger charge is -2.04. The minimum absolute atomic E-state index is 1.12. The van der Waals surface area contributed by atoms with Crippen molar-refractivity contribution in [2.24, 2.45) is 0 Å². The van der Waals surface area contributed by atoms with Crippen molar-refractivity contribution in [3.8, 4) is 0 Å². The minimum Gasteiger partial charge on any atom is -0.355 e. The fourth-order valence-electron chi connectivity index (χ4n) is 1.81. The highest BCUT2D eigenvalue weighted by Gasteiger charge is 2.07. The lowest BCUT2D eigenvalue weighted by atomic mass is 10.2. The SMILES string of the molecule is Cc1ccc(SCCc2c(C)c[nH]c2SI)cc1. The Bertz CT molecular complexity index is 505. The van der Waals surface area contributed by atoms with Crippen LogP contribution in [-0.4, -0.2) is 10.7 Å². The molecule has 2 rings (SSSR count). The summed E-state index contributed by atoms with van der Waals surface area (Å²) in [6.45, 7) is 4.31. The molecule has 96 valence electrons. The molecule has 0 bridgehead atoms. The number of aromatic nitrogens is 1. The second-order valence-electron chi connectivity index (χ2n) is 4.27. The van der Waals surface area contributed by atoms with Crippen molar-refractivity contribution < 1.29 is 0 Å². The molecule has 1 aromatic carbocycles. The highest BCUT2D eigenvalue weighted by atomic mass is 127. The second-order valence-corrected chi connectivity index (χ2v) is 7.32. The zero-order valence-corrected chi connectivity index (χ0v) is 14.3. The summed E-state index contributed by atoms with van der Waals surface area (Å²) in [5, 5.41) is 1.30. The number of hydrogen-bond donors (Lipinski definition) is 1. The fraction of sp³-hybridized carbons (Fsp3) is 0.286. The Balaban J connectivity index is 1.92. The van der Waals surface area contributed by atoms with Gasteiger partial charge in [0.25, 0.3) is 0 Å². The molecular weight excluding hydrogens is 373 g/mol. The van der Waals surface area contributed by atoms with E-state index in [0.29, 0.717) is 0 Å². The normalized spacial score (nSPS) is 10.8. The highest BCUT2D eigenvalue weighted by molar-refractivity contribution is 14.2. The molecular formula is C14H16INS2. The van der Waals surface area contributed by atoms with Crippen molar-refractivity contribution >= 4 is 41.9 Å². The average Bonchev–Trinajstić information content (AvgIpc) is 2.73. The van der Waals surface area contributed by atoms with E-state index in [1.165, 1.54) is 26.6 Å². The number of nitrogens with one attached hydrogen (secondary N) is 1. The summed E-state index contributed by atoms with van der Waals surface area (Å²) >= 11 is 4.27.